The molecule has 3 N–H and O–H groups in total. The third-order valence-electron chi connectivity index (χ3n) is 2.78. The molecule has 1 aromatic heterocycles. The number of nitrogens with two attached hydrogens (primary N) is 1. The predicted octanol–water partition coefficient (Wildman–Crippen LogP) is -0.270. The molecule has 1 saturated heterocycles. The summed E-state index contributed by atoms with van der Waals surface area (Å²) >= 11 is 0. The molecule has 0 unspecified atom stereocenters. The highest BCUT2D eigenvalue weighted by atomic mass is 16.2. The zero-order valence-corrected chi connectivity index (χ0v) is 9.66. The lowest BCUT2D eigenvalue weighted by Crippen LogP contribution is -2.48. The van der Waals surface area contributed by atoms with Crippen LogP contribution in [0.5, 0.6) is 0 Å². The first-order chi connectivity index (χ1) is 7.63. The fourth-order valence-electron chi connectivity index (χ4n) is 1.96. The van der Waals surface area contributed by atoms with Gasteiger partial charge in [0.25, 0.3) is 0 Å². The molecule has 0 aliphatic carbocycles. The number of nitrogen functional groups attached to an aromatic ring is 1. The van der Waals surface area contributed by atoms with Crippen molar-refractivity contribution in [2.24, 2.45) is 0 Å². The largest absolute Gasteiger partial charge is 0.394 e. The molecule has 6 heteroatoms. The number of hydrogen-bond donors (Lipinski definition) is 2. The highest BCUT2D eigenvalue weighted by Gasteiger charge is 2.23. The molecule has 1 aliphatic heterocycles. The van der Waals surface area contributed by atoms with E-state index >= 15 is 0 Å². The first-order valence-corrected chi connectivity index (χ1v) is 5.48. The summed E-state index contributed by atoms with van der Waals surface area (Å²) < 4.78 is 1.85. The van der Waals surface area contributed by atoms with Gasteiger partial charge in [-0.25, -0.2) is 4.68 Å². The summed E-state index contributed by atoms with van der Waals surface area (Å²) in [4.78, 5) is 13.3. The van der Waals surface area contributed by atoms with Crippen molar-refractivity contribution in [2.45, 2.75) is 20.4 Å². The van der Waals surface area contributed by atoms with Crippen molar-refractivity contribution >= 4 is 17.4 Å². The van der Waals surface area contributed by atoms with Crippen molar-refractivity contribution < 1.29 is 4.79 Å². The van der Waals surface area contributed by atoms with Gasteiger partial charge in [0.2, 0.25) is 5.91 Å². The molecule has 1 amide bonds. The Morgan fingerprint density at radius 3 is 2.94 bits per heavy atom. The third kappa shape index (κ3) is 1.70. The minimum Gasteiger partial charge on any atom is -0.394 e. The first-order valence-electron chi connectivity index (χ1n) is 5.48. The van der Waals surface area contributed by atoms with Gasteiger partial charge in [0.05, 0.1) is 17.9 Å². The van der Waals surface area contributed by atoms with Crippen LogP contribution in [0.2, 0.25) is 0 Å². The Bertz CT molecular complexity index is 412. The van der Waals surface area contributed by atoms with Crippen LogP contribution in [0.3, 0.4) is 0 Å². The van der Waals surface area contributed by atoms with Crippen molar-refractivity contribution in [1.29, 1.82) is 0 Å². The Kier molecular flexibility index (Phi) is 2.72. The van der Waals surface area contributed by atoms with Crippen molar-refractivity contribution in [1.82, 2.24) is 15.1 Å². The Labute approximate surface area is 94.4 Å². The van der Waals surface area contributed by atoms with E-state index in [1.54, 1.807) is 0 Å². The quantitative estimate of drug-likeness (QED) is 0.723. The number of rotatable bonds is 2. The van der Waals surface area contributed by atoms with E-state index in [0.717, 1.165) is 24.6 Å². The fraction of sp³-hybridized carbons (Fsp3) is 0.600. The Hall–Kier alpha value is -1.72. The lowest BCUT2D eigenvalue weighted by Gasteiger charge is -2.29. The SMILES string of the molecule is CCn1nc(C)c(N)c1N1CCNC(=O)C1. The molecule has 0 bridgehead atoms. The number of nitrogens with one attached hydrogen (secondary N) is 1. The number of amides is 1. The van der Waals surface area contributed by atoms with Gasteiger partial charge in [-0.1, -0.05) is 0 Å². The van der Waals surface area contributed by atoms with Crippen LogP contribution in [0.15, 0.2) is 0 Å². The summed E-state index contributed by atoms with van der Waals surface area (Å²) in [7, 11) is 0. The second-order valence-corrected chi connectivity index (χ2v) is 3.91. The van der Waals surface area contributed by atoms with Gasteiger partial charge in [-0.05, 0) is 13.8 Å². The number of nitrogens with zero attached hydrogens (tertiary/aromatic N) is 3. The van der Waals surface area contributed by atoms with Gasteiger partial charge in [-0.15, -0.1) is 0 Å². The summed E-state index contributed by atoms with van der Waals surface area (Å²) in [5.74, 6) is 0.905. The Morgan fingerprint density at radius 1 is 1.56 bits per heavy atom. The van der Waals surface area contributed by atoms with Crippen molar-refractivity contribution in [3.8, 4) is 0 Å². The van der Waals surface area contributed by atoms with E-state index in [1.807, 2.05) is 23.4 Å². The van der Waals surface area contributed by atoms with E-state index in [1.165, 1.54) is 0 Å². The number of carbonyl (C=O) groups is 1. The van der Waals surface area contributed by atoms with Crippen LogP contribution < -0.4 is 16.0 Å². The van der Waals surface area contributed by atoms with Gasteiger partial charge >= 0.3 is 0 Å². The van der Waals surface area contributed by atoms with Gasteiger partial charge in [0.1, 0.15) is 0 Å². The van der Waals surface area contributed by atoms with Crippen LogP contribution in [-0.2, 0) is 11.3 Å². The highest BCUT2D eigenvalue weighted by molar-refractivity contribution is 5.84. The Morgan fingerprint density at radius 2 is 2.31 bits per heavy atom. The van der Waals surface area contributed by atoms with Crippen LogP contribution in [0.1, 0.15) is 12.6 Å². The average molecular weight is 223 g/mol. The summed E-state index contributed by atoms with van der Waals surface area (Å²) in [5.41, 5.74) is 7.50. The lowest BCUT2D eigenvalue weighted by molar-refractivity contribution is -0.120. The maximum Gasteiger partial charge on any atom is 0.239 e. The van der Waals surface area contributed by atoms with Gasteiger partial charge in [0, 0.05) is 19.6 Å². The molecule has 0 aromatic carbocycles. The number of hydrogen-bond acceptors (Lipinski definition) is 4. The van der Waals surface area contributed by atoms with Gasteiger partial charge in [-0.2, -0.15) is 5.10 Å². The maximum absolute atomic E-state index is 11.3. The van der Waals surface area contributed by atoms with Crippen LogP contribution in [-0.4, -0.2) is 35.3 Å². The van der Waals surface area contributed by atoms with Crippen molar-refractivity contribution in [3.63, 3.8) is 0 Å². The van der Waals surface area contributed by atoms with Crippen molar-refractivity contribution in [2.75, 3.05) is 30.3 Å². The van der Waals surface area contributed by atoms with E-state index in [2.05, 4.69) is 10.4 Å². The molecule has 0 radical (unpaired) electrons. The summed E-state index contributed by atoms with van der Waals surface area (Å²) in [6, 6.07) is 0. The Balaban J connectivity index is 2.34. The molecule has 1 aliphatic rings. The van der Waals surface area contributed by atoms with Gasteiger partial charge in [0.15, 0.2) is 5.82 Å². The zero-order chi connectivity index (χ0) is 11.7. The standard InChI is InChI=1S/C10H17N5O/c1-3-15-10(9(11)7(2)13-15)14-5-4-12-8(16)6-14/h3-6,11H2,1-2H3,(H,12,16). The second kappa shape index (κ2) is 4.03. The summed E-state index contributed by atoms with van der Waals surface area (Å²) in [5, 5.41) is 7.14. The van der Waals surface area contributed by atoms with E-state index < -0.39 is 0 Å². The number of carbonyl (C=O) groups excluding carboxylic acids is 1. The molecule has 6 nitrogen and oxygen atoms in total. The van der Waals surface area contributed by atoms with E-state index in [4.69, 9.17) is 5.73 Å². The van der Waals surface area contributed by atoms with Gasteiger partial charge in [-0.3, -0.25) is 4.79 Å². The smallest absolute Gasteiger partial charge is 0.239 e. The van der Waals surface area contributed by atoms with Crippen LogP contribution in [0.4, 0.5) is 11.5 Å². The van der Waals surface area contributed by atoms with E-state index in [9.17, 15) is 4.79 Å². The zero-order valence-electron chi connectivity index (χ0n) is 9.66. The molecule has 2 rings (SSSR count). The first kappa shape index (κ1) is 10.8. The minimum absolute atomic E-state index is 0.0344. The van der Waals surface area contributed by atoms with Crippen LogP contribution >= 0.6 is 0 Å². The molecule has 0 atom stereocenters. The summed E-state index contributed by atoms with van der Waals surface area (Å²) in [6.07, 6.45) is 0. The number of piperazine rings is 1. The molecule has 1 aromatic rings. The normalized spacial score (nSPS) is 16.4. The van der Waals surface area contributed by atoms with Crippen LogP contribution in [0.25, 0.3) is 0 Å². The molecular weight excluding hydrogens is 206 g/mol. The van der Waals surface area contributed by atoms with E-state index in [-0.39, 0.29) is 5.91 Å². The summed E-state index contributed by atoms with van der Waals surface area (Å²) in [6.45, 7) is 6.45. The van der Waals surface area contributed by atoms with Crippen molar-refractivity contribution in [3.05, 3.63) is 5.69 Å². The lowest BCUT2D eigenvalue weighted by atomic mass is 10.3. The number of aryl methyl sites for hydroxylation is 2. The predicted molar refractivity (Wildman–Crippen MR) is 62.3 cm³/mol. The number of aromatic nitrogens is 2. The minimum atomic E-state index is 0.0344. The molecule has 0 saturated carbocycles. The third-order valence-corrected chi connectivity index (χ3v) is 2.78. The molecule has 0 spiro atoms. The molecule has 2 heterocycles. The molecule has 16 heavy (non-hydrogen) atoms. The van der Waals surface area contributed by atoms with Gasteiger partial charge < -0.3 is 16.0 Å². The molecule has 1 fully saturated rings. The van der Waals surface area contributed by atoms with E-state index in [0.29, 0.717) is 18.8 Å². The van der Waals surface area contributed by atoms with Crippen LogP contribution in [0, 0.1) is 6.92 Å². The second-order valence-electron chi connectivity index (χ2n) is 3.91. The topological polar surface area (TPSA) is 76.2 Å². The monoisotopic (exact) mass is 223 g/mol. The highest BCUT2D eigenvalue weighted by Crippen LogP contribution is 2.26. The molecule has 88 valence electrons. The average Bonchev–Trinajstić information content (AvgIpc) is 2.55. The fourth-order valence-corrected chi connectivity index (χ4v) is 1.96. The molecular formula is C10H17N5O. The number of anilines is 2. The maximum atomic E-state index is 11.3.